The van der Waals surface area contributed by atoms with Gasteiger partial charge in [-0.15, -0.1) is 0 Å². The molecule has 0 bridgehead atoms. The molecule has 2 amide bonds. The first kappa shape index (κ1) is 15.0. The van der Waals surface area contributed by atoms with E-state index in [4.69, 9.17) is 17.3 Å². The molecule has 0 saturated carbocycles. The Morgan fingerprint density at radius 3 is 2.33 bits per heavy atom. The van der Waals surface area contributed by atoms with Gasteiger partial charge in [-0.05, 0) is 31.0 Å². The lowest BCUT2D eigenvalue weighted by atomic mass is 9.73. The van der Waals surface area contributed by atoms with Crippen molar-refractivity contribution >= 4 is 29.1 Å². The summed E-state index contributed by atoms with van der Waals surface area (Å²) in [5.41, 5.74) is -1.19. The molecule has 102 valence electrons. The first-order valence-corrected chi connectivity index (χ1v) is 6.64. The third-order valence-corrected chi connectivity index (χ3v) is 3.54. The van der Waals surface area contributed by atoms with Crippen LogP contribution < -0.4 is 10.6 Å². The first-order chi connectivity index (χ1) is 8.46. The molecule has 0 aromatic rings. The van der Waals surface area contributed by atoms with Crippen molar-refractivity contribution in [3.05, 3.63) is 0 Å². The summed E-state index contributed by atoms with van der Waals surface area (Å²) in [4.78, 5) is 24.2. The number of aliphatic hydroxyl groups excluding tert-OH is 1. The second-order valence-electron chi connectivity index (χ2n) is 4.89. The van der Waals surface area contributed by atoms with Gasteiger partial charge in [0, 0.05) is 6.61 Å². The first-order valence-electron chi connectivity index (χ1n) is 6.24. The molecule has 1 aliphatic rings. The van der Waals surface area contributed by atoms with E-state index in [0.29, 0.717) is 6.42 Å². The van der Waals surface area contributed by atoms with Crippen LogP contribution in [0.2, 0.25) is 0 Å². The fourth-order valence-electron chi connectivity index (χ4n) is 2.47. The Balaban J connectivity index is 2.93. The average Bonchev–Trinajstić information content (AvgIpc) is 2.26. The minimum atomic E-state index is -1.19. The van der Waals surface area contributed by atoms with Crippen molar-refractivity contribution in [2.75, 3.05) is 6.61 Å². The zero-order valence-electron chi connectivity index (χ0n) is 10.8. The number of thiocarbonyl (C=S) groups is 1. The van der Waals surface area contributed by atoms with Crippen molar-refractivity contribution in [1.29, 1.82) is 0 Å². The topological polar surface area (TPSA) is 78.4 Å². The molecule has 0 radical (unpaired) electrons. The van der Waals surface area contributed by atoms with Gasteiger partial charge in [-0.2, -0.15) is 0 Å². The molecule has 0 aromatic carbocycles. The van der Waals surface area contributed by atoms with E-state index in [9.17, 15) is 9.59 Å². The monoisotopic (exact) mass is 272 g/mol. The molecule has 0 aromatic heterocycles. The summed E-state index contributed by atoms with van der Waals surface area (Å²) in [6.45, 7) is 3.87. The lowest BCUT2D eigenvalue weighted by molar-refractivity contribution is -0.146. The highest BCUT2D eigenvalue weighted by molar-refractivity contribution is 7.80. The molecule has 6 heteroatoms. The van der Waals surface area contributed by atoms with E-state index >= 15 is 0 Å². The standard InChI is InChI=1S/C12H20N2O3S/c1-3-4-8(2)7-12(5-6-15)9(16)13-11(18)14-10(12)17/h8,15H,3-7H2,1-2H3,(H2,13,14,16,17,18). The van der Waals surface area contributed by atoms with Crippen molar-refractivity contribution in [3.8, 4) is 0 Å². The van der Waals surface area contributed by atoms with E-state index < -0.39 is 17.2 Å². The van der Waals surface area contributed by atoms with Crippen LogP contribution in [0.15, 0.2) is 0 Å². The number of rotatable bonds is 6. The van der Waals surface area contributed by atoms with E-state index in [1.807, 2.05) is 6.92 Å². The van der Waals surface area contributed by atoms with Gasteiger partial charge in [0.1, 0.15) is 5.41 Å². The van der Waals surface area contributed by atoms with Gasteiger partial charge in [0.2, 0.25) is 11.8 Å². The van der Waals surface area contributed by atoms with Gasteiger partial charge in [-0.25, -0.2) is 0 Å². The number of amides is 2. The third-order valence-electron chi connectivity index (χ3n) is 3.34. The highest BCUT2D eigenvalue weighted by atomic mass is 32.1. The molecule has 1 saturated heterocycles. The maximum atomic E-state index is 12.1. The highest BCUT2D eigenvalue weighted by Crippen LogP contribution is 2.34. The average molecular weight is 272 g/mol. The molecule has 1 fully saturated rings. The maximum Gasteiger partial charge on any atom is 0.241 e. The number of nitrogens with one attached hydrogen (secondary N) is 2. The molecular formula is C12H20N2O3S. The van der Waals surface area contributed by atoms with E-state index in [1.54, 1.807) is 0 Å². The molecule has 1 atom stereocenters. The summed E-state index contributed by atoms with van der Waals surface area (Å²) in [7, 11) is 0. The van der Waals surface area contributed by atoms with Crippen LogP contribution in [-0.2, 0) is 9.59 Å². The Bertz CT molecular complexity index is 337. The SMILES string of the molecule is CCCC(C)CC1(CCO)C(=O)NC(=S)NC1=O. The molecule has 1 rings (SSSR count). The van der Waals surface area contributed by atoms with Crippen LogP contribution >= 0.6 is 12.2 Å². The molecule has 0 aliphatic carbocycles. The van der Waals surface area contributed by atoms with E-state index in [0.717, 1.165) is 12.8 Å². The van der Waals surface area contributed by atoms with Crippen LogP contribution in [0.1, 0.15) is 39.5 Å². The zero-order chi connectivity index (χ0) is 13.8. The van der Waals surface area contributed by atoms with Gasteiger partial charge < -0.3 is 15.7 Å². The summed E-state index contributed by atoms with van der Waals surface area (Å²) in [6.07, 6.45) is 2.50. The molecule has 1 unspecified atom stereocenters. The smallest absolute Gasteiger partial charge is 0.241 e. The van der Waals surface area contributed by atoms with Gasteiger partial charge in [0.05, 0.1) is 0 Å². The molecule has 1 heterocycles. The Morgan fingerprint density at radius 1 is 1.33 bits per heavy atom. The second-order valence-corrected chi connectivity index (χ2v) is 5.30. The fraction of sp³-hybridized carbons (Fsp3) is 0.750. The minimum absolute atomic E-state index is 0.0432. The van der Waals surface area contributed by atoms with Crippen LogP contribution in [0, 0.1) is 11.3 Å². The quantitative estimate of drug-likeness (QED) is 0.491. The Labute approximate surface area is 112 Å². The molecule has 18 heavy (non-hydrogen) atoms. The van der Waals surface area contributed by atoms with Crippen molar-refractivity contribution in [1.82, 2.24) is 10.6 Å². The molecule has 0 spiro atoms. The number of aliphatic hydroxyl groups is 1. The van der Waals surface area contributed by atoms with Crippen molar-refractivity contribution in [2.45, 2.75) is 39.5 Å². The summed E-state index contributed by atoms with van der Waals surface area (Å²) in [5.74, 6) is -0.550. The van der Waals surface area contributed by atoms with Crippen molar-refractivity contribution in [2.24, 2.45) is 11.3 Å². The molecular weight excluding hydrogens is 252 g/mol. The normalized spacial score (nSPS) is 20.3. The summed E-state index contributed by atoms with van der Waals surface area (Å²) >= 11 is 4.78. The van der Waals surface area contributed by atoms with Crippen LogP contribution in [0.3, 0.4) is 0 Å². The fourth-order valence-corrected chi connectivity index (χ4v) is 2.66. The third kappa shape index (κ3) is 3.05. The van der Waals surface area contributed by atoms with Gasteiger partial charge in [0.25, 0.3) is 0 Å². The summed E-state index contributed by atoms with van der Waals surface area (Å²) < 4.78 is 0. The van der Waals surface area contributed by atoms with E-state index in [-0.39, 0.29) is 24.1 Å². The number of carbonyl (C=O) groups excluding carboxylic acids is 2. The predicted octanol–water partition coefficient (Wildman–Crippen LogP) is 0.712. The summed E-state index contributed by atoms with van der Waals surface area (Å²) in [6, 6.07) is 0. The summed E-state index contributed by atoms with van der Waals surface area (Å²) in [5, 5.41) is 14.1. The van der Waals surface area contributed by atoms with Gasteiger partial charge in [0.15, 0.2) is 5.11 Å². The molecule has 5 nitrogen and oxygen atoms in total. The largest absolute Gasteiger partial charge is 0.396 e. The Hall–Kier alpha value is -1.01. The number of hydrogen-bond acceptors (Lipinski definition) is 4. The minimum Gasteiger partial charge on any atom is -0.396 e. The highest BCUT2D eigenvalue weighted by Gasteiger charge is 2.49. The van der Waals surface area contributed by atoms with Crippen LogP contribution in [-0.4, -0.2) is 28.6 Å². The lowest BCUT2D eigenvalue weighted by Gasteiger charge is -2.36. The van der Waals surface area contributed by atoms with Crippen molar-refractivity contribution < 1.29 is 14.7 Å². The van der Waals surface area contributed by atoms with Gasteiger partial charge >= 0.3 is 0 Å². The van der Waals surface area contributed by atoms with Gasteiger partial charge in [-0.3, -0.25) is 9.59 Å². The predicted molar refractivity (Wildman–Crippen MR) is 71.7 cm³/mol. The molecule has 1 aliphatic heterocycles. The van der Waals surface area contributed by atoms with Crippen LogP contribution in [0.25, 0.3) is 0 Å². The van der Waals surface area contributed by atoms with Gasteiger partial charge in [-0.1, -0.05) is 26.7 Å². The second kappa shape index (κ2) is 6.24. The van der Waals surface area contributed by atoms with E-state index in [1.165, 1.54) is 0 Å². The Kier molecular flexibility index (Phi) is 5.22. The van der Waals surface area contributed by atoms with Crippen LogP contribution in [0.4, 0.5) is 0 Å². The Morgan fingerprint density at radius 2 is 1.89 bits per heavy atom. The maximum absolute atomic E-state index is 12.1. The lowest BCUT2D eigenvalue weighted by Crippen LogP contribution is -2.62. The molecule has 3 N–H and O–H groups in total. The van der Waals surface area contributed by atoms with Crippen LogP contribution in [0.5, 0.6) is 0 Å². The van der Waals surface area contributed by atoms with E-state index in [2.05, 4.69) is 17.6 Å². The number of carbonyl (C=O) groups is 2. The van der Waals surface area contributed by atoms with Crippen molar-refractivity contribution in [3.63, 3.8) is 0 Å². The zero-order valence-corrected chi connectivity index (χ0v) is 11.6. The number of hydrogen-bond donors (Lipinski definition) is 3.